The minimum absolute atomic E-state index is 0.00210. The Morgan fingerprint density at radius 2 is 1.43 bits per heavy atom. The first-order valence-electron chi connectivity index (χ1n) is 8.71. The third kappa shape index (κ3) is 5.82. The van der Waals surface area contributed by atoms with Crippen LogP contribution < -0.4 is 15.5 Å². The quantitative estimate of drug-likeness (QED) is 0.705. The lowest BCUT2D eigenvalue weighted by atomic mass is 10.1. The van der Waals surface area contributed by atoms with E-state index >= 15 is 0 Å². The molecule has 2 amide bonds. The fourth-order valence-corrected chi connectivity index (χ4v) is 2.84. The molecular formula is C20H23F3N3O2+. The molecule has 5 nitrogen and oxygen atoms in total. The lowest BCUT2D eigenvalue weighted by molar-refractivity contribution is -0.862. The first kappa shape index (κ1) is 21.4. The van der Waals surface area contributed by atoms with Crippen molar-refractivity contribution in [3.8, 4) is 0 Å². The molecule has 1 atom stereocenters. The van der Waals surface area contributed by atoms with Gasteiger partial charge < -0.3 is 15.5 Å². The van der Waals surface area contributed by atoms with E-state index in [9.17, 15) is 22.8 Å². The minimum Gasteiger partial charge on any atom is -0.322 e. The number of hydrogen-bond acceptors (Lipinski definition) is 2. The molecule has 2 aromatic carbocycles. The Hall–Kier alpha value is -2.87. The molecule has 150 valence electrons. The van der Waals surface area contributed by atoms with Gasteiger partial charge in [0.1, 0.15) is 0 Å². The first-order chi connectivity index (χ1) is 13.1. The molecule has 2 rings (SSSR count). The molecule has 0 saturated carbocycles. The lowest BCUT2D eigenvalue weighted by Crippen LogP contribution is -3.11. The van der Waals surface area contributed by atoms with Crippen LogP contribution in [0.15, 0.2) is 42.5 Å². The number of amides is 2. The third-order valence-corrected chi connectivity index (χ3v) is 4.18. The number of carbonyl (C=O) groups is 2. The molecule has 0 spiro atoms. The van der Waals surface area contributed by atoms with Gasteiger partial charge in [-0.25, -0.2) is 0 Å². The van der Waals surface area contributed by atoms with Gasteiger partial charge in [0.15, 0.2) is 13.1 Å². The second kappa shape index (κ2) is 8.88. The number of para-hydroxylation sites is 2. The van der Waals surface area contributed by atoms with E-state index in [2.05, 4.69) is 10.6 Å². The smallest absolute Gasteiger partial charge is 0.322 e. The summed E-state index contributed by atoms with van der Waals surface area (Å²) in [5, 5.41) is 5.10. The highest BCUT2D eigenvalue weighted by atomic mass is 19.4. The number of likely N-dealkylation sites (N-methyl/N-ethyl adjacent to an activating group) is 1. The summed E-state index contributed by atoms with van der Waals surface area (Å²) in [5.74, 6) is -0.882. The van der Waals surface area contributed by atoms with E-state index in [1.54, 1.807) is 7.05 Å². The van der Waals surface area contributed by atoms with Crippen LogP contribution in [0.1, 0.15) is 16.7 Å². The maximum absolute atomic E-state index is 13.0. The summed E-state index contributed by atoms with van der Waals surface area (Å²) in [7, 11) is 1.62. The standard InChI is InChI=1S/C20H22F3N3O2/c1-13-7-6-8-14(2)19(13)25-18(28)12-26(3)11-17(27)24-16-10-5-4-9-15(16)20(21,22)23/h4-10H,11-12H2,1-3H3,(H,24,27)(H,25,28)/p+1. The predicted molar refractivity (Wildman–Crippen MR) is 101 cm³/mol. The highest BCUT2D eigenvalue weighted by Crippen LogP contribution is 2.34. The zero-order valence-corrected chi connectivity index (χ0v) is 15.9. The van der Waals surface area contributed by atoms with Gasteiger partial charge in [-0.2, -0.15) is 13.2 Å². The minimum atomic E-state index is -4.56. The van der Waals surface area contributed by atoms with Gasteiger partial charge in [0, 0.05) is 5.69 Å². The van der Waals surface area contributed by atoms with E-state index in [1.807, 2.05) is 32.0 Å². The number of alkyl halides is 3. The van der Waals surface area contributed by atoms with Crippen molar-refractivity contribution >= 4 is 23.2 Å². The molecule has 0 aliphatic rings. The largest absolute Gasteiger partial charge is 0.418 e. The summed E-state index contributed by atoms with van der Waals surface area (Å²) in [5.41, 5.74) is 1.37. The van der Waals surface area contributed by atoms with Gasteiger partial charge in [-0.05, 0) is 37.1 Å². The summed E-state index contributed by atoms with van der Waals surface area (Å²) in [4.78, 5) is 24.9. The highest BCUT2D eigenvalue weighted by molar-refractivity contribution is 5.94. The van der Waals surface area contributed by atoms with Crippen LogP contribution in [0.3, 0.4) is 0 Å². The number of aryl methyl sites for hydroxylation is 2. The third-order valence-electron chi connectivity index (χ3n) is 4.18. The summed E-state index contributed by atoms with van der Waals surface area (Å²) < 4.78 is 39.0. The van der Waals surface area contributed by atoms with Crippen LogP contribution in [-0.4, -0.2) is 32.0 Å². The SMILES string of the molecule is Cc1cccc(C)c1NC(=O)C[NH+](C)CC(=O)Nc1ccccc1C(F)(F)F. The maximum atomic E-state index is 13.0. The molecule has 0 aliphatic heterocycles. The molecule has 0 aliphatic carbocycles. The average Bonchev–Trinajstić information content (AvgIpc) is 2.57. The second-order valence-corrected chi connectivity index (χ2v) is 6.72. The van der Waals surface area contributed by atoms with Crippen LogP contribution in [0.25, 0.3) is 0 Å². The monoisotopic (exact) mass is 394 g/mol. The molecule has 8 heteroatoms. The molecule has 0 aromatic heterocycles. The summed E-state index contributed by atoms with van der Waals surface area (Å²) in [6, 6.07) is 10.4. The Balaban J connectivity index is 1.94. The number of nitrogens with one attached hydrogen (secondary N) is 3. The summed E-state index contributed by atoms with van der Waals surface area (Å²) >= 11 is 0. The van der Waals surface area contributed by atoms with E-state index in [0.717, 1.165) is 22.9 Å². The van der Waals surface area contributed by atoms with E-state index in [0.29, 0.717) is 4.90 Å². The summed E-state index contributed by atoms with van der Waals surface area (Å²) in [6.45, 7) is 3.62. The molecule has 2 aromatic rings. The van der Waals surface area contributed by atoms with Crippen molar-refractivity contribution in [1.29, 1.82) is 0 Å². The van der Waals surface area contributed by atoms with Crippen LogP contribution in [0.2, 0.25) is 0 Å². The number of benzene rings is 2. The molecule has 0 saturated heterocycles. The van der Waals surface area contributed by atoms with E-state index < -0.39 is 17.6 Å². The normalized spacial score (nSPS) is 12.4. The molecule has 0 radical (unpaired) electrons. The Morgan fingerprint density at radius 3 is 2.00 bits per heavy atom. The van der Waals surface area contributed by atoms with Crippen molar-refractivity contribution in [1.82, 2.24) is 0 Å². The van der Waals surface area contributed by atoms with Gasteiger partial charge >= 0.3 is 6.18 Å². The van der Waals surface area contributed by atoms with Crippen molar-refractivity contribution < 1.29 is 27.7 Å². The van der Waals surface area contributed by atoms with Crippen molar-refractivity contribution in [2.45, 2.75) is 20.0 Å². The maximum Gasteiger partial charge on any atom is 0.418 e. The topological polar surface area (TPSA) is 62.6 Å². The van der Waals surface area contributed by atoms with Crippen molar-refractivity contribution in [3.05, 3.63) is 59.2 Å². The number of rotatable bonds is 6. The Labute approximate surface area is 161 Å². The van der Waals surface area contributed by atoms with Gasteiger partial charge in [0.25, 0.3) is 11.8 Å². The number of halogens is 3. The van der Waals surface area contributed by atoms with Gasteiger partial charge in [0.05, 0.1) is 18.3 Å². The van der Waals surface area contributed by atoms with E-state index in [4.69, 9.17) is 0 Å². The van der Waals surface area contributed by atoms with Gasteiger partial charge in [-0.1, -0.05) is 30.3 Å². The first-order valence-corrected chi connectivity index (χ1v) is 8.71. The highest BCUT2D eigenvalue weighted by Gasteiger charge is 2.33. The van der Waals surface area contributed by atoms with Gasteiger partial charge in [0.2, 0.25) is 0 Å². The summed E-state index contributed by atoms with van der Waals surface area (Å²) in [6.07, 6.45) is -4.56. The van der Waals surface area contributed by atoms with E-state index in [1.165, 1.54) is 18.2 Å². The van der Waals surface area contributed by atoms with Crippen molar-refractivity contribution in [3.63, 3.8) is 0 Å². The number of hydrogen-bond donors (Lipinski definition) is 3. The van der Waals surface area contributed by atoms with Crippen LogP contribution >= 0.6 is 0 Å². The number of carbonyl (C=O) groups excluding carboxylic acids is 2. The number of anilines is 2. The molecule has 0 heterocycles. The average molecular weight is 394 g/mol. The zero-order chi connectivity index (χ0) is 20.9. The fraction of sp³-hybridized carbons (Fsp3) is 0.300. The van der Waals surface area contributed by atoms with Crippen molar-refractivity contribution in [2.24, 2.45) is 0 Å². The molecule has 0 bridgehead atoms. The fourth-order valence-electron chi connectivity index (χ4n) is 2.84. The predicted octanol–water partition coefficient (Wildman–Crippen LogP) is 2.41. The molecule has 28 heavy (non-hydrogen) atoms. The Kier molecular flexibility index (Phi) is 6.80. The van der Waals surface area contributed by atoms with Gasteiger partial charge in [-0.3, -0.25) is 9.59 Å². The van der Waals surface area contributed by atoms with Crippen LogP contribution in [-0.2, 0) is 15.8 Å². The molecular weight excluding hydrogens is 371 g/mol. The van der Waals surface area contributed by atoms with E-state index in [-0.39, 0.29) is 24.7 Å². The second-order valence-electron chi connectivity index (χ2n) is 6.72. The number of quaternary nitrogens is 1. The lowest BCUT2D eigenvalue weighted by Gasteiger charge is -2.17. The van der Waals surface area contributed by atoms with Crippen molar-refractivity contribution in [2.75, 3.05) is 30.8 Å². The molecule has 0 fully saturated rings. The van der Waals surface area contributed by atoms with Crippen LogP contribution in [0.4, 0.5) is 24.5 Å². The Morgan fingerprint density at radius 1 is 0.893 bits per heavy atom. The van der Waals surface area contributed by atoms with Crippen LogP contribution in [0.5, 0.6) is 0 Å². The molecule has 1 unspecified atom stereocenters. The van der Waals surface area contributed by atoms with Crippen LogP contribution in [0, 0.1) is 13.8 Å². The van der Waals surface area contributed by atoms with Gasteiger partial charge in [-0.15, -0.1) is 0 Å². The Bertz CT molecular complexity index is 846. The molecule has 3 N–H and O–H groups in total. The zero-order valence-electron chi connectivity index (χ0n) is 15.9.